The van der Waals surface area contributed by atoms with Crippen LogP contribution in [0.2, 0.25) is 0 Å². The third kappa shape index (κ3) is 6.83. The van der Waals surface area contributed by atoms with E-state index in [1.165, 1.54) is 55.0 Å². The molecule has 40 heavy (non-hydrogen) atoms. The maximum absolute atomic E-state index is 12.9. The molecule has 0 aromatic heterocycles. The van der Waals surface area contributed by atoms with E-state index in [1.54, 1.807) is 36.2 Å². The van der Waals surface area contributed by atoms with Gasteiger partial charge in [0.05, 0.1) is 17.0 Å². The Morgan fingerprint density at radius 3 is 2.27 bits per heavy atom. The minimum absolute atomic E-state index is 0.0288. The number of aliphatic carboxylic acids is 1. The summed E-state index contributed by atoms with van der Waals surface area (Å²) in [5.41, 5.74) is 6.24. The van der Waals surface area contributed by atoms with E-state index in [-0.39, 0.29) is 12.3 Å². The fourth-order valence-corrected chi connectivity index (χ4v) is 6.28. The van der Waals surface area contributed by atoms with Crippen molar-refractivity contribution in [1.82, 2.24) is 4.90 Å². The normalized spacial score (nSPS) is 18.1. The van der Waals surface area contributed by atoms with E-state index >= 15 is 0 Å². The average Bonchev–Trinajstić information content (AvgIpc) is 3.22. The molecule has 0 radical (unpaired) electrons. The van der Waals surface area contributed by atoms with E-state index in [1.807, 2.05) is 18.2 Å². The molecule has 2 aliphatic rings. The minimum Gasteiger partial charge on any atom is -0.481 e. The molecule has 7 heteroatoms. The number of thioether (sulfide) groups is 1. The van der Waals surface area contributed by atoms with Crippen LogP contribution in [0, 0.1) is 0 Å². The zero-order valence-electron chi connectivity index (χ0n) is 23.0. The van der Waals surface area contributed by atoms with E-state index in [0.29, 0.717) is 21.3 Å². The number of benzene rings is 3. The second kappa shape index (κ2) is 12.6. The number of likely N-dealkylation sites (N-methyl/N-ethyl adjacent to an activating group) is 1. The number of rotatable bonds is 8. The fraction of sp³-hybridized carbons (Fsp3) is 0.303. The number of nitrogens with zero attached hydrogens (tertiary/aromatic N) is 3. The Labute approximate surface area is 240 Å². The molecule has 1 amide bonds. The number of carbonyl (C=O) groups is 2. The number of carboxylic acid groups (broad SMARTS) is 1. The van der Waals surface area contributed by atoms with Gasteiger partial charge >= 0.3 is 5.97 Å². The van der Waals surface area contributed by atoms with Gasteiger partial charge in [-0.05, 0) is 83.1 Å². The standard InChI is InChI=1S/C33H35N3O3S/c1-35(22-25-8-14-27(15-9-25)26-6-4-3-5-7-26)29-18-12-23(13-19-29)20-30-32(39)36(2)33(40-30)34-28-16-10-24(11-17-28)21-31(37)38/h8-20,26H,3-7,21-22H2,1-2H3,(H,37,38)/b30-20-,34-33+. The number of carbonyl (C=O) groups excluding carboxylic acids is 1. The Hall–Kier alpha value is -3.84. The summed E-state index contributed by atoms with van der Waals surface area (Å²) in [6, 6.07) is 24.4. The van der Waals surface area contributed by atoms with Crippen LogP contribution >= 0.6 is 11.8 Å². The van der Waals surface area contributed by atoms with Gasteiger partial charge in [-0.1, -0.05) is 67.8 Å². The molecule has 0 atom stereocenters. The first-order valence-corrected chi connectivity index (χ1v) is 14.6. The number of amides is 1. The van der Waals surface area contributed by atoms with E-state index in [4.69, 9.17) is 5.11 Å². The van der Waals surface area contributed by atoms with Crippen LogP contribution in [-0.2, 0) is 22.6 Å². The largest absolute Gasteiger partial charge is 0.481 e. The van der Waals surface area contributed by atoms with Gasteiger partial charge in [-0.25, -0.2) is 4.99 Å². The summed E-state index contributed by atoms with van der Waals surface area (Å²) < 4.78 is 0. The molecule has 2 fully saturated rings. The number of anilines is 1. The molecule has 0 bridgehead atoms. The number of amidine groups is 1. The van der Waals surface area contributed by atoms with Gasteiger partial charge in [0.2, 0.25) is 0 Å². The Balaban J connectivity index is 1.21. The Morgan fingerprint density at radius 2 is 1.62 bits per heavy atom. The summed E-state index contributed by atoms with van der Waals surface area (Å²) in [5, 5.41) is 9.54. The summed E-state index contributed by atoms with van der Waals surface area (Å²) >= 11 is 1.34. The first-order chi connectivity index (χ1) is 19.4. The van der Waals surface area contributed by atoms with Gasteiger partial charge in [-0.15, -0.1) is 0 Å². The second-order valence-electron chi connectivity index (χ2n) is 10.6. The zero-order chi connectivity index (χ0) is 28.1. The SMILES string of the molecule is CN1C(=O)/C(=C/c2ccc(N(C)Cc3ccc(C4CCCCC4)cc3)cc2)S/C1=N/c1ccc(CC(=O)O)cc1. The average molecular weight is 554 g/mol. The Bertz CT molecular complexity index is 1410. The summed E-state index contributed by atoms with van der Waals surface area (Å²) in [5.74, 6) is -0.236. The summed E-state index contributed by atoms with van der Waals surface area (Å²) in [6.45, 7) is 0.835. The van der Waals surface area contributed by atoms with Crippen LogP contribution in [0.25, 0.3) is 6.08 Å². The van der Waals surface area contributed by atoms with Crippen LogP contribution in [0.3, 0.4) is 0 Å². The molecule has 206 valence electrons. The summed E-state index contributed by atoms with van der Waals surface area (Å²) in [7, 11) is 3.82. The van der Waals surface area contributed by atoms with Crippen LogP contribution in [-0.4, -0.2) is 41.1 Å². The van der Waals surface area contributed by atoms with Crippen molar-refractivity contribution in [2.45, 2.75) is 51.0 Å². The quantitative estimate of drug-likeness (QED) is 0.298. The number of carboxylic acids is 1. The highest BCUT2D eigenvalue weighted by Crippen LogP contribution is 2.34. The number of aliphatic imine (C=N–C) groups is 1. The van der Waals surface area contributed by atoms with Gasteiger partial charge in [0.25, 0.3) is 5.91 Å². The molecule has 1 aliphatic heterocycles. The smallest absolute Gasteiger partial charge is 0.307 e. The number of hydrogen-bond acceptors (Lipinski definition) is 5. The van der Waals surface area contributed by atoms with Crippen molar-refractivity contribution in [3.05, 3.63) is 100.0 Å². The van der Waals surface area contributed by atoms with E-state index < -0.39 is 5.97 Å². The molecule has 1 saturated carbocycles. The van der Waals surface area contributed by atoms with Crippen LogP contribution in [0.5, 0.6) is 0 Å². The van der Waals surface area contributed by atoms with Crippen molar-refractivity contribution in [2.24, 2.45) is 4.99 Å². The van der Waals surface area contributed by atoms with Gasteiger partial charge < -0.3 is 10.0 Å². The van der Waals surface area contributed by atoms with Crippen molar-refractivity contribution in [3.8, 4) is 0 Å². The fourth-order valence-electron chi connectivity index (χ4n) is 5.30. The highest BCUT2D eigenvalue weighted by molar-refractivity contribution is 8.18. The lowest BCUT2D eigenvalue weighted by molar-refractivity contribution is -0.136. The van der Waals surface area contributed by atoms with Gasteiger partial charge in [-0.2, -0.15) is 0 Å². The van der Waals surface area contributed by atoms with E-state index in [0.717, 1.165) is 23.7 Å². The van der Waals surface area contributed by atoms with Crippen molar-refractivity contribution < 1.29 is 14.7 Å². The molecule has 0 spiro atoms. The predicted octanol–water partition coefficient (Wildman–Crippen LogP) is 7.23. The predicted molar refractivity (Wildman–Crippen MR) is 164 cm³/mol. The summed E-state index contributed by atoms with van der Waals surface area (Å²) in [6.07, 6.45) is 8.60. The summed E-state index contributed by atoms with van der Waals surface area (Å²) in [4.78, 5) is 32.8. The lowest BCUT2D eigenvalue weighted by Crippen LogP contribution is -2.23. The highest BCUT2D eigenvalue weighted by atomic mass is 32.2. The lowest BCUT2D eigenvalue weighted by Gasteiger charge is -2.23. The monoisotopic (exact) mass is 553 g/mol. The Kier molecular flexibility index (Phi) is 8.70. The first-order valence-electron chi connectivity index (χ1n) is 13.8. The topological polar surface area (TPSA) is 73.2 Å². The van der Waals surface area contributed by atoms with Crippen molar-refractivity contribution >= 4 is 46.3 Å². The molecule has 3 aromatic carbocycles. The Morgan fingerprint density at radius 1 is 0.975 bits per heavy atom. The van der Waals surface area contributed by atoms with Gasteiger partial charge in [0, 0.05) is 26.3 Å². The molecule has 5 rings (SSSR count). The zero-order valence-corrected chi connectivity index (χ0v) is 23.9. The highest BCUT2D eigenvalue weighted by Gasteiger charge is 2.30. The maximum atomic E-state index is 12.9. The van der Waals surface area contributed by atoms with Crippen LogP contribution in [0.4, 0.5) is 11.4 Å². The van der Waals surface area contributed by atoms with E-state index in [9.17, 15) is 9.59 Å². The first kappa shape index (κ1) is 27.7. The molecule has 1 saturated heterocycles. The van der Waals surface area contributed by atoms with Gasteiger partial charge in [0.1, 0.15) is 0 Å². The van der Waals surface area contributed by atoms with E-state index in [2.05, 4.69) is 53.3 Å². The van der Waals surface area contributed by atoms with Crippen molar-refractivity contribution in [2.75, 3.05) is 19.0 Å². The molecule has 1 heterocycles. The van der Waals surface area contributed by atoms with Crippen molar-refractivity contribution in [3.63, 3.8) is 0 Å². The van der Waals surface area contributed by atoms with Crippen LogP contribution < -0.4 is 4.90 Å². The molecule has 0 unspecified atom stereocenters. The van der Waals surface area contributed by atoms with Crippen molar-refractivity contribution in [1.29, 1.82) is 0 Å². The third-order valence-corrected chi connectivity index (χ3v) is 8.69. The molecular formula is C33H35N3O3S. The molecule has 1 aliphatic carbocycles. The van der Waals surface area contributed by atoms with Crippen LogP contribution in [0.1, 0.15) is 60.3 Å². The molecule has 3 aromatic rings. The molecule has 1 N–H and O–H groups in total. The second-order valence-corrected chi connectivity index (χ2v) is 11.6. The molecular weight excluding hydrogens is 518 g/mol. The number of hydrogen-bond donors (Lipinski definition) is 1. The van der Waals surface area contributed by atoms with Gasteiger partial charge in [0.15, 0.2) is 5.17 Å². The third-order valence-electron chi connectivity index (χ3n) is 7.63. The molecule has 6 nitrogen and oxygen atoms in total. The van der Waals surface area contributed by atoms with Crippen LogP contribution in [0.15, 0.2) is 82.7 Å². The lowest BCUT2D eigenvalue weighted by atomic mass is 9.84. The van der Waals surface area contributed by atoms with Gasteiger partial charge in [-0.3, -0.25) is 14.5 Å². The maximum Gasteiger partial charge on any atom is 0.307 e. The minimum atomic E-state index is -0.871.